The molecule has 0 aromatic carbocycles. The van der Waals surface area contributed by atoms with E-state index in [9.17, 15) is 0 Å². The zero-order chi connectivity index (χ0) is 7.72. The summed E-state index contributed by atoms with van der Waals surface area (Å²) >= 11 is 0. The molecule has 56 valence electrons. The molecule has 0 bridgehead atoms. The van der Waals surface area contributed by atoms with Crippen LogP contribution in [-0.2, 0) is 0 Å². The van der Waals surface area contributed by atoms with Gasteiger partial charge in [0.05, 0.1) is 6.04 Å². The maximum atomic E-state index is 4.38. The van der Waals surface area contributed by atoms with Crippen molar-refractivity contribution in [3.8, 4) is 0 Å². The highest BCUT2D eigenvalue weighted by atomic mass is 15.0. The van der Waals surface area contributed by atoms with E-state index >= 15 is 0 Å². The van der Waals surface area contributed by atoms with Crippen LogP contribution in [0.1, 0.15) is 27.7 Å². The number of nitrogens with zero attached hydrogens (tertiary/aromatic N) is 2. The van der Waals surface area contributed by atoms with Gasteiger partial charge in [0.25, 0.3) is 0 Å². The summed E-state index contributed by atoms with van der Waals surface area (Å²) in [6.45, 7) is 8.34. The Balaban J connectivity index is 2.75. The highest BCUT2D eigenvalue weighted by molar-refractivity contribution is 6.04. The summed E-state index contributed by atoms with van der Waals surface area (Å²) in [6.07, 6.45) is 0. The van der Waals surface area contributed by atoms with Gasteiger partial charge in [0.2, 0.25) is 0 Å². The van der Waals surface area contributed by atoms with Gasteiger partial charge >= 0.3 is 0 Å². The van der Waals surface area contributed by atoms with E-state index in [1.807, 2.05) is 13.8 Å². The Bertz CT molecular complexity index is 189. The first-order valence-corrected chi connectivity index (χ1v) is 3.71. The van der Waals surface area contributed by atoms with Crippen molar-refractivity contribution in [1.82, 2.24) is 0 Å². The van der Waals surface area contributed by atoms with Crippen LogP contribution in [-0.4, -0.2) is 17.6 Å². The molecule has 10 heavy (non-hydrogen) atoms. The molecule has 0 N–H and O–H groups in total. The fourth-order valence-electron chi connectivity index (χ4n) is 1.28. The molecule has 2 nitrogen and oxygen atoms in total. The van der Waals surface area contributed by atoms with E-state index in [2.05, 4.69) is 23.8 Å². The number of amidine groups is 1. The Labute approximate surface area is 62.1 Å². The summed E-state index contributed by atoms with van der Waals surface area (Å²) in [6, 6.07) is 0.347. The van der Waals surface area contributed by atoms with Crippen molar-refractivity contribution in [2.45, 2.75) is 33.7 Å². The lowest BCUT2D eigenvalue weighted by molar-refractivity contribution is 0.602. The van der Waals surface area contributed by atoms with Crippen LogP contribution in [0.4, 0.5) is 0 Å². The van der Waals surface area contributed by atoms with Gasteiger partial charge in [0.1, 0.15) is 5.84 Å². The first kappa shape index (κ1) is 7.45. The van der Waals surface area contributed by atoms with E-state index in [4.69, 9.17) is 0 Å². The van der Waals surface area contributed by atoms with E-state index < -0.39 is 0 Å². The van der Waals surface area contributed by atoms with Crippen molar-refractivity contribution >= 4 is 11.5 Å². The largest absolute Gasteiger partial charge is 0.261 e. The molecule has 0 saturated carbocycles. The van der Waals surface area contributed by atoms with Crippen LogP contribution < -0.4 is 0 Å². The van der Waals surface area contributed by atoms with Gasteiger partial charge in [-0.2, -0.15) is 0 Å². The Morgan fingerprint density at radius 2 is 1.90 bits per heavy atom. The smallest absolute Gasteiger partial charge is 0.120 e. The molecule has 0 amide bonds. The number of aliphatic imine (C=N–C) groups is 2. The van der Waals surface area contributed by atoms with Gasteiger partial charge in [-0.3, -0.25) is 4.99 Å². The van der Waals surface area contributed by atoms with Crippen LogP contribution in [0, 0.1) is 5.92 Å². The first-order chi connectivity index (χ1) is 4.61. The Morgan fingerprint density at radius 1 is 1.30 bits per heavy atom. The monoisotopic (exact) mass is 138 g/mol. The summed E-state index contributed by atoms with van der Waals surface area (Å²) in [7, 11) is 0. The van der Waals surface area contributed by atoms with Crippen molar-refractivity contribution in [3.05, 3.63) is 0 Å². The number of hydrogen-bond donors (Lipinski definition) is 0. The lowest BCUT2D eigenvalue weighted by Gasteiger charge is -2.10. The zero-order valence-electron chi connectivity index (χ0n) is 7.05. The second kappa shape index (κ2) is 2.52. The molecule has 1 heterocycles. The van der Waals surface area contributed by atoms with Crippen molar-refractivity contribution < 1.29 is 0 Å². The maximum Gasteiger partial charge on any atom is 0.120 e. The molecule has 0 radical (unpaired) electrons. The molecule has 0 saturated heterocycles. The van der Waals surface area contributed by atoms with Crippen LogP contribution in [0.5, 0.6) is 0 Å². The molecule has 0 aromatic heterocycles. The van der Waals surface area contributed by atoms with E-state index in [1.54, 1.807) is 0 Å². The molecular weight excluding hydrogens is 124 g/mol. The predicted molar refractivity (Wildman–Crippen MR) is 44.8 cm³/mol. The quantitative estimate of drug-likeness (QED) is 0.528. The maximum absolute atomic E-state index is 4.38. The average Bonchev–Trinajstić information content (AvgIpc) is 2.10. The third-order valence-electron chi connectivity index (χ3n) is 1.72. The van der Waals surface area contributed by atoms with Crippen LogP contribution in [0.25, 0.3) is 0 Å². The van der Waals surface area contributed by atoms with Crippen LogP contribution >= 0.6 is 0 Å². The Kier molecular flexibility index (Phi) is 1.88. The van der Waals surface area contributed by atoms with Crippen molar-refractivity contribution in [2.75, 3.05) is 0 Å². The zero-order valence-corrected chi connectivity index (χ0v) is 7.05. The molecule has 1 atom stereocenters. The van der Waals surface area contributed by atoms with Gasteiger partial charge in [-0.1, -0.05) is 13.8 Å². The summed E-state index contributed by atoms with van der Waals surface area (Å²) in [4.78, 5) is 8.64. The molecule has 0 spiro atoms. The SMILES string of the molecule is CC1=NC(C(C)C)C(C)=N1. The number of hydrogen-bond acceptors (Lipinski definition) is 2. The lowest BCUT2D eigenvalue weighted by Crippen LogP contribution is -2.18. The summed E-state index contributed by atoms with van der Waals surface area (Å²) in [5.41, 5.74) is 1.16. The highest BCUT2D eigenvalue weighted by Gasteiger charge is 2.19. The first-order valence-electron chi connectivity index (χ1n) is 3.71. The van der Waals surface area contributed by atoms with Gasteiger partial charge in [-0.05, 0) is 19.8 Å². The van der Waals surface area contributed by atoms with Gasteiger partial charge in [0.15, 0.2) is 0 Å². The van der Waals surface area contributed by atoms with Crippen molar-refractivity contribution in [3.63, 3.8) is 0 Å². The Morgan fingerprint density at radius 3 is 2.10 bits per heavy atom. The summed E-state index contributed by atoms with van der Waals surface area (Å²) in [5.74, 6) is 1.51. The summed E-state index contributed by atoms with van der Waals surface area (Å²) in [5, 5.41) is 0. The van der Waals surface area contributed by atoms with Crippen LogP contribution in [0.15, 0.2) is 9.98 Å². The fraction of sp³-hybridized carbons (Fsp3) is 0.750. The molecule has 1 aliphatic heterocycles. The van der Waals surface area contributed by atoms with E-state index in [-0.39, 0.29) is 0 Å². The minimum atomic E-state index is 0.347. The molecule has 1 aliphatic rings. The topological polar surface area (TPSA) is 24.7 Å². The van der Waals surface area contributed by atoms with Crippen LogP contribution in [0.2, 0.25) is 0 Å². The third-order valence-corrected chi connectivity index (χ3v) is 1.72. The molecule has 0 fully saturated rings. The lowest BCUT2D eigenvalue weighted by atomic mass is 10.0. The molecule has 1 unspecified atom stereocenters. The van der Waals surface area contributed by atoms with Gasteiger partial charge in [-0.25, -0.2) is 4.99 Å². The standard InChI is InChI=1S/C8H14N2/c1-5(2)8-6(3)9-7(4)10-8/h5,8H,1-4H3. The Hall–Kier alpha value is -0.660. The average molecular weight is 138 g/mol. The predicted octanol–water partition coefficient (Wildman–Crippen LogP) is 1.90. The summed E-state index contributed by atoms with van der Waals surface area (Å²) < 4.78 is 0. The van der Waals surface area contributed by atoms with Crippen molar-refractivity contribution in [1.29, 1.82) is 0 Å². The van der Waals surface area contributed by atoms with Crippen LogP contribution in [0.3, 0.4) is 0 Å². The fourth-order valence-corrected chi connectivity index (χ4v) is 1.28. The molecule has 0 aromatic rings. The second-order valence-electron chi connectivity index (χ2n) is 3.12. The van der Waals surface area contributed by atoms with Gasteiger partial charge in [-0.15, -0.1) is 0 Å². The molecule has 2 heteroatoms. The van der Waals surface area contributed by atoms with Crippen molar-refractivity contribution in [2.24, 2.45) is 15.9 Å². The normalized spacial score (nSPS) is 25.1. The van der Waals surface area contributed by atoms with E-state index in [0.717, 1.165) is 11.5 Å². The number of rotatable bonds is 1. The minimum absolute atomic E-state index is 0.347. The van der Waals surface area contributed by atoms with E-state index in [1.165, 1.54) is 0 Å². The van der Waals surface area contributed by atoms with Gasteiger partial charge < -0.3 is 0 Å². The third kappa shape index (κ3) is 1.25. The molecule has 1 rings (SSSR count). The second-order valence-corrected chi connectivity index (χ2v) is 3.12. The molecule has 0 aliphatic carbocycles. The van der Waals surface area contributed by atoms with E-state index in [0.29, 0.717) is 12.0 Å². The minimum Gasteiger partial charge on any atom is -0.261 e. The molecular formula is C8H14N2. The highest BCUT2D eigenvalue weighted by Crippen LogP contribution is 2.14. The van der Waals surface area contributed by atoms with Gasteiger partial charge in [0, 0.05) is 5.71 Å².